The number of rotatable bonds is 3. The first-order chi connectivity index (χ1) is 11.9. The molecule has 25 heavy (non-hydrogen) atoms. The molecule has 0 bridgehead atoms. The van der Waals surface area contributed by atoms with Gasteiger partial charge in [0.05, 0.1) is 11.3 Å². The van der Waals surface area contributed by atoms with Gasteiger partial charge in [-0.3, -0.25) is 4.79 Å². The molecule has 2 heterocycles. The minimum absolute atomic E-state index is 0.0616. The Hall–Kier alpha value is -1.83. The molecule has 1 aliphatic heterocycles. The number of thioether (sulfide) groups is 1. The van der Waals surface area contributed by atoms with Crippen LogP contribution in [0, 0.1) is 0 Å². The summed E-state index contributed by atoms with van der Waals surface area (Å²) in [7, 11) is 0. The summed E-state index contributed by atoms with van der Waals surface area (Å²) in [6.07, 6.45) is -1.59. The van der Waals surface area contributed by atoms with Crippen LogP contribution in [-0.2, 0) is 11.0 Å². The maximum Gasteiger partial charge on any atom is 0.451 e. The second kappa shape index (κ2) is 7.19. The van der Waals surface area contributed by atoms with Crippen molar-refractivity contribution in [1.82, 2.24) is 14.9 Å². The van der Waals surface area contributed by atoms with E-state index in [9.17, 15) is 18.0 Å². The smallest absolute Gasteiger partial charge is 0.339 e. The van der Waals surface area contributed by atoms with Gasteiger partial charge in [0.1, 0.15) is 5.03 Å². The number of para-hydroxylation sites is 1. The van der Waals surface area contributed by atoms with E-state index < -0.39 is 12.0 Å². The van der Waals surface area contributed by atoms with Crippen molar-refractivity contribution in [3.63, 3.8) is 0 Å². The Bertz CT molecular complexity index is 781. The molecule has 1 aliphatic rings. The summed E-state index contributed by atoms with van der Waals surface area (Å²) in [6, 6.07) is 6.72. The fraction of sp³-hybridized carbons (Fsp3) is 0.471. The van der Waals surface area contributed by atoms with Gasteiger partial charge in [-0.2, -0.15) is 13.2 Å². The van der Waals surface area contributed by atoms with Crippen LogP contribution in [0.5, 0.6) is 0 Å². The van der Waals surface area contributed by atoms with Gasteiger partial charge in [0.25, 0.3) is 0 Å². The Morgan fingerprint density at radius 3 is 2.76 bits per heavy atom. The number of nitrogens with zero attached hydrogens (tertiary/aromatic N) is 3. The van der Waals surface area contributed by atoms with Crippen molar-refractivity contribution in [3.8, 4) is 0 Å². The number of benzene rings is 1. The van der Waals surface area contributed by atoms with Gasteiger partial charge in [-0.25, -0.2) is 9.97 Å². The summed E-state index contributed by atoms with van der Waals surface area (Å²) < 4.78 is 39.1. The Morgan fingerprint density at radius 1 is 1.28 bits per heavy atom. The molecule has 1 aromatic carbocycles. The summed E-state index contributed by atoms with van der Waals surface area (Å²) in [5.74, 6) is -1.16. The molecule has 1 amide bonds. The molecular formula is C17H18F3N3OS. The standard InChI is InChI=1S/C17H18F3N3OS/c1-11-6-4-5-9-23(11)14(24)10-25-15-12-7-2-3-8-13(12)21-16(22-15)17(18,19)20/h2-3,7-8,11H,4-6,9-10H2,1H3/t11-/m1/s1. The fourth-order valence-corrected chi connectivity index (χ4v) is 3.87. The molecule has 1 aromatic heterocycles. The molecular weight excluding hydrogens is 351 g/mol. The van der Waals surface area contributed by atoms with Crippen molar-refractivity contribution in [2.45, 2.75) is 43.4 Å². The highest BCUT2D eigenvalue weighted by atomic mass is 32.2. The van der Waals surface area contributed by atoms with Crippen molar-refractivity contribution in [3.05, 3.63) is 30.1 Å². The van der Waals surface area contributed by atoms with Gasteiger partial charge < -0.3 is 4.90 Å². The monoisotopic (exact) mass is 369 g/mol. The van der Waals surface area contributed by atoms with E-state index in [4.69, 9.17) is 0 Å². The molecule has 0 aliphatic carbocycles. The number of likely N-dealkylation sites (tertiary alicyclic amines) is 1. The number of hydrogen-bond donors (Lipinski definition) is 0. The maximum absolute atomic E-state index is 13.0. The highest BCUT2D eigenvalue weighted by molar-refractivity contribution is 8.00. The van der Waals surface area contributed by atoms with Gasteiger partial charge in [0.15, 0.2) is 0 Å². The van der Waals surface area contributed by atoms with Crippen LogP contribution in [0.2, 0.25) is 0 Å². The number of amides is 1. The van der Waals surface area contributed by atoms with E-state index in [1.165, 1.54) is 6.07 Å². The fourth-order valence-electron chi connectivity index (χ4n) is 2.97. The zero-order valence-electron chi connectivity index (χ0n) is 13.7. The highest BCUT2D eigenvalue weighted by Crippen LogP contribution is 2.32. The van der Waals surface area contributed by atoms with Crippen LogP contribution in [0.15, 0.2) is 29.3 Å². The topological polar surface area (TPSA) is 46.1 Å². The predicted octanol–water partition coefficient (Wildman–Crippen LogP) is 4.14. The first kappa shape index (κ1) is 18.0. The Kier molecular flexibility index (Phi) is 5.17. The van der Waals surface area contributed by atoms with Crippen molar-refractivity contribution < 1.29 is 18.0 Å². The van der Waals surface area contributed by atoms with E-state index in [0.717, 1.165) is 31.0 Å². The second-order valence-electron chi connectivity index (χ2n) is 6.09. The van der Waals surface area contributed by atoms with Gasteiger partial charge in [0.2, 0.25) is 11.7 Å². The molecule has 1 fully saturated rings. The molecule has 1 saturated heterocycles. The summed E-state index contributed by atoms with van der Waals surface area (Å²) >= 11 is 1.04. The van der Waals surface area contributed by atoms with Gasteiger partial charge >= 0.3 is 6.18 Å². The minimum atomic E-state index is -4.62. The van der Waals surface area contributed by atoms with Gasteiger partial charge in [-0.15, -0.1) is 0 Å². The maximum atomic E-state index is 13.0. The van der Waals surface area contributed by atoms with Crippen LogP contribution in [0.4, 0.5) is 13.2 Å². The molecule has 0 saturated carbocycles. The van der Waals surface area contributed by atoms with Crippen LogP contribution < -0.4 is 0 Å². The lowest BCUT2D eigenvalue weighted by Crippen LogP contribution is -2.42. The number of alkyl halides is 3. The Labute approximate surface area is 147 Å². The number of aromatic nitrogens is 2. The van der Waals surface area contributed by atoms with Crippen LogP contribution in [0.3, 0.4) is 0 Å². The number of hydrogen-bond acceptors (Lipinski definition) is 4. The molecule has 0 spiro atoms. The Morgan fingerprint density at radius 2 is 2.04 bits per heavy atom. The van der Waals surface area contributed by atoms with Crippen molar-refractivity contribution in [2.75, 3.05) is 12.3 Å². The lowest BCUT2D eigenvalue weighted by Gasteiger charge is -2.33. The predicted molar refractivity (Wildman–Crippen MR) is 90.3 cm³/mol. The molecule has 0 N–H and O–H groups in total. The molecule has 1 atom stereocenters. The third kappa shape index (κ3) is 4.05. The van der Waals surface area contributed by atoms with Gasteiger partial charge in [-0.05, 0) is 32.3 Å². The third-order valence-corrected chi connectivity index (χ3v) is 5.25. The molecule has 0 unspecified atom stereocenters. The van der Waals surface area contributed by atoms with E-state index in [0.29, 0.717) is 11.9 Å². The number of piperidine rings is 1. The molecule has 8 heteroatoms. The van der Waals surface area contributed by atoms with Crippen molar-refractivity contribution >= 4 is 28.6 Å². The van der Waals surface area contributed by atoms with E-state index in [2.05, 4.69) is 9.97 Å². The highest BCUT2D eigenvalue weighted by Gasteiger charge is 2.35. The first-order valence-corrected chi connectivity index (χ1v) is 9.11. The first-order valence-electron chi connectivity index (χ1n) is 8.12. The normalized spacial score (nSPS) is 18.6. The summed E-state index contributed by atoms with van der Waals surface area (Å²) in [5.41, 5.74) is 0.228. The van der Waals surface area contributed by atoms with Gasteiger partial charge in [0, 0.05) is 18.0 Å². The molecule has 134 valence electrons. The SMILES string of the molecule is C[C@@H]1CCCCN1C(=O)CSc1nc(C(F)(F)F)nc2ccccc12. The van der Waals surface area contributed by atoms with E-state index in [1.807, 2.05) is 11.8 Å². The van der Waals surface area contributed by atoms with Crippen LogP contribution >= 0.6 is 11.8 Å². The second-order valence-corrected chi connectivity index (χ2v) is 7.05. The van der Waals surface area contributed by atoms with Crippen LogP contribution in [0.1, 0.15) is 32.0 Å². The summed E-state index contributed by atoms with van der Waals surface area (Å²) in [5, 5.41) is 0.718. The Balaban J connectivity index is 1.84. The van der Waals surface area contributed by atoms with Crippen molar-refractivity contribution in [2.24, 2.45) is 0 Å². The number of halogens is 3. The molecule has 2 aromatic rings. The zero-order chi connectivity index (χ0) is 18.0. The van der Waals surface area contributed by atoms with E-state index in [-0.39, 0.29) is 28.2 Å². The minimum Gasteiger partial charge on any atom is -0.339 e. The van der Waals surface area contributed by atoms with E-state index in [1.54, 1.807) is 18.2 Å². The summed E-state index contributed by atoms with van der Waals surface area (Å²) in [4.78, 5) is 21.5. The number of fused-ring (bicyclic) bond motifs is 1. The van der Waals surface area contributed by atoms with Gasteiger partial charge in [-0.1, -0.05) is 30.0 Å². The van der Waals surface area contributed by atoms with E-state index >= 15 is 0 Å². The van der Waals surface area contributed by atoms with Crippen LogP contribution in [-0.4, -0.2) is 39.1 Å². The van der Waals surface area contributed by atoms with Crippen molar-refractivity contribution in [1.29, 1.82) is 0 Å². The molecule has 3 rings (SSSR count). The lowest BCUT2D eigenvalue weighted by atomic mass is 10.0. The number of carbonyl (C=O) groups is 1. The zero-order valence-corrected chi connectivity index (χ0v) is 14.5. The van der Waals surface area contributed by atoms with Crippen LogP contribution in [0.25, 0.3) is 10.9 Å². The summed E-state index contributed by atoms with van der Waals surface area (Å²) in [6.45, 7) is 2.71. The molecule has 0 radical (unpaired) electrons. The third-order valence-electron chi connectivity index (χ3n) is 4.28. The number of carbonyl (C=O) groups excluding carboxylic acids is 1. The average Bonchev–Trinajstić information content (AvgIpc) is 2.58. The largest absolute Gasteiger partial charge is 0.451 e. The lowest BCUT2D eigenvalue weighted by molar-refractivity contribution is -0.145. The quantitative estimate of drug-likeness (QED) is 0.603. The average molecular weight is 369 g/mol. The molecule has 4 nitrogen and oxygen atoms in total.